The van der Waals surface area contributed by atoms with Crippen molar-refractivity contribution in [3.8, 4) is 0 Å². The van der Waals surface area contributed by atoms with Crippen LogP contribution in [0.4, 0.5) is 0 Å². The van der Waals surface area contributed by atoms with E-state index in [0.717, 1.165) is 0 Å². The van der Waals surface area contributed by atoms with Crippen LogP contribution >= 0.6 is 0 Å². The minimum Gasteiger partial charge on any atom is -0.462 e. The molecule has 1 unspecified atom stereocenters. The first-order valence-electron chi connectivity index (χ1n) is 5.10. The lowest BCUT2D eigenvalue weighted by atomic mass is 9.99. The number of esters is 1. The van der Waals surface area contributed by atoms with Gasteiger partial charge in [-0.05, 0) is 25.7 Å². The topological polar surface area (TPSA) is 52.6 Å². The summed E-state index contributed by atoms with van der Waals surface area (Å²) in [6, 6.07) is 0. The molecule has 0 heterocycles. The summed E-state index contributed by atoms with van der Waals surface area (Å²) in [5.74, 6) is 0.232. The highest BCUT2D eigenvalue weighted by Gasteiger charge is 2.31. The van der Waals surface area contributed by atoms with Gasteiger partial charge in [0.2, 0.25) is 5.60 Å². The summed E-state index contributed by atoms with van der Waals surface area (Å²) in [5.41, 5.74) is -1.20. The molecule has 4 heteroatoms. The monoisotopic (exact) mass is 216 g/mol. The van der Waals surface area contributed by atoms with Crippen LogP contribution < -0.4 is 0 Å². The molecule has 0 aliphatic heterocycles. The zero-order valence-electron chi connectivity index (χ0n) is 10.1. The second kappa shape index (κ2) is 5.73. The quantitative estimate of drug-likeness (QED) is 0.501. The molecule has 0 N–H and O–H groups in total. The van der Waals surface area contributed by atoms with Gasteiger partial charge in [-0.25, -0.2) is 4.79 Å². The van der Waals surface area contributed by atoms with E-state index in [1.165, 1.54) is 13.8 Å². The second-order valence-corrected chi connectivity index (χ2v) is 4.54. The molecule has 0 fully saturated rings. The van der Waals surface area contributed by atoms with Gasteiger partial charge in [0, 0.05) is 0 Å². The molecule has 0 spiro atoms. The fourth-order valence-electron chi connectivity index (χ4n) is 0.742. The molecular weight excluding hydrogens is 196 g/mol. The van der Waals surface area contributed by atoms with Gasteiger partial charge in [-0.1, -0.05) is 20.8 Å². The molecule has 0 saturated heterocycles. The van der Waals surface area contributed by atoms with E-state index >= 15 is 0 Å². The molecule has 0 amide bonds. The maximum atomic E-state index is 11.5. The molecule has 0 aliphatic carbocycles. The van der Waals surface area contributed by atoms with Crippen LogP contribution in [0.5, 0.6) is 0 Å². The number of carbonyl (C=O) groups excluding carboxylic acids is 2. The van der Waals surface area contributed by atoms with Gasteiger partial charge >= 0.3 is 5.97 Å². The van der Waals surface area contributed by atoms with Gasteiger partial charge < -0.3 is 9.47 Å². The van der Waals surface area contributed by atoms with Crippen LogP contribution in [0.1, 0.15) is 34.6 Å². The molecular formula is C11H20O4. The molecule has 0 radical (unpaired) electrons. The lowest BCUT2D eigenvalue weighted by molar-refractivity contribution is -0.172. The predicted molar refractivity (Wildman–Crippen MR) is 56.2 cm³/mol. The maximum Gasteiger partial charge on any atom is 0.350 e. The fourth-order valence-corrected chi connectivity index (χ4v) is 0.742. The largest absolute Gasteiger partial charge is 0.462 e. The Morgan fingerprint density at radius 2 is 1.87 bits per heavy atom. The predicted octanol–water partition coefficient (Wildman–Crippen LogP) is 1.77. The zero-order chi connectivity index (χ0) is 12.1. The standard InChI is InChI=1S/C11H20O4/c1-8(2)9(3)6-14-10(13)11(4,5)15-7-12/h7-9H,6H2,1-5H3. The van der Waals surface area contributed by atoms with Crippen molar-refractivity contribution in [2.45, 2.75) is 40.2 Å². The summed E-state index contributed by atoms with van der Waals surface area (Å²) in [7, 11) is 0. The lowest BCUT2D eigenvalue weighted by Crippen LogP contribution is -2.37. The van der Waals surface area contributed by atoms with Crippen molar-refractivity contribution in [2.75, 3.05) is 6.61 Å². The Kier molecular flexibility index (Phi) is 5.33. The fraction of sp³-hybridized carbons (Fsp3) is 0.818. The minimum atomic E-state index is -1.20. The van der Waals surface area contributed by atoms with E-state index in [1.54, 1.807) is 0 Å². The normalized spacial score (nSPS) is 13.5. The van der Waals surface area contributed by atoms with Gasteiger partial charge in [-0.15, -0.1) is 0 Å². The highest BCUT2D eigenvalue weighted by Crippen LogP contribution is 2.14. The van der Waals surface area contributed by atoms with Crippen LogP contribution in [0.15, 0.2) is 0 Å². The maximum absolute atomic E-state index is 11.5. The van der Waals surface area contributed by atoms with Crippen LogP contribution in [-0.2, 0) is 19.1 Å². The molecule has 1 atom stereocenters. The van der Waals surface area contributed by atoms with Crippen LogP contribution in [0.25, 0.3) is 0 Å². The summed E-state index contributed by atoms with van der Waals surface area (Å²) >= 11 is 0. The van der Waals surface area contributed by atoms with E-state index in [9.17, 15) is 9.59 Å². The molecule has 0 bridgehead atoms. The van der Waals surface area contributed by atoms with Gasteiger partial charge in [-0.3, -0.25) is 4.79 Å². The number of hydrogen-bond acceptors (Lipinski definition) is 4. The van der Waals surface area contributed by atoms with Crippen molar-refractivity contribution in [3.63, 3.8) is 0 Å². The summed E-state index contributed by atoms with van der Waals surface area (Å²) < 4.78 is 9.69. The van der Waals surface area contributed by atoms with Crippen molar-refractivity contribution in [3.05, 3.63) is 0 Å². The first-order valence-corrected chi connectivity index (χ1v) is 5.10. The van der Waals surface area contributed by atoms with E-state index < -0.39 is 11.6 Å². The van der Waals surface area contributed by atoms with Gasteiger partial charge in [0.15, 0.2) is 0 Å². The Morgan fingerprint density at radius 3 is 2.27 bits per heavy atom. The van der Waals surface area contributed by atoms with E-state index in [2.05, 4.69) is 18.6 Å². The van der Waals surface area contributed by atoms with Crippen LogP contribution in [0.2, 0.25) is 0 Å². The lowest BCUT2D eigenvalue weighted by Gasteiger charge is -2.22. The van der Waals surface area contributed by atoms with Crippen molar-refractivity contribution in [2.24, 2.45) is 11.8 Å². The van der Waals surface area contributed by atoms with Gasteiger partial charge in [0.25, 0.3) is 6.47 Å². The van der Waals surface area contributed by atoms with Crippen LogP contribution in [0.3, 0.4) is 0 Å². The molecule has 0 aromatic carbocycles. The van der Waals surface area contributed by atoms with Gasteiger partial charge in [0.1, 0.15) is 0 Å². The first-order chi connectivity index (χ1) is 6.81. The Bertz CT molecular complexity index is 221. The van der Waals surface area contributed by atoms with Crippen LogP contribution in [-0.4, -0.2) is 24.6 Å². The molecule has 0 saturated carbocycles. The van der Waals surface area contributed by atoms with Gasteiger partial charge in [-0.2, -0.15) is 0 Å². The highest BCUT2D eigenvalue weighted by molar-refractivity contribution is 5.79. The number of ether oxygens (including phenoxy) is 2. The molecule has 4 nitrogen and oxygen atoms in total. The second-order valence-electron chi connectivity index (χ2n) is 4.54. The summed E-state index contributed by atoms with van der Waals surface area (Å²) in [6.07, 6.45) is 0. The number of carbonyl (C=O) groups is 2. The van der Waals surface area contributed by atoms with Crippen molar-refractivity contribution < 1.29 is 19.1 Å². The van der Waals surface area contributed by atoms with E-state index in [-0.39, 0.29) is 6.47 Å². The van der Waals surface area contributed by atoms with E-state index in [0.29, 0.717) is 18.4 Å². The Morgan fingerprint density at radius 1 is 1.33 bits per heavy atom. The smallest absolute Gasteiger partial charge is 0.350 e. The van der Waals surface area contributed by atoms with Crippen LogP contribution in [0, 0.1) is 11.8 Å². The first kappa shape index (κ1) is 13.9. The zero-order valence-corrected chi connectivity index (χ0v) is 10.1. The Labute approximate surface area is 90.9 Å². The molecule has 0 aromatic rings. The molecule has 15 heavy (non-hydrogen) atoms. The highest BCUT2D eigenvalue weighted by atomic mass is 16.6. The van der Waals surface area contributed by atoms with Crippen molar-refractivity contribution >= 4 is 12.4 Å². The minimum absolute atomic E-state index is 0.257. The third-order valence-electron chi connectivity index (χ3n) is 2.45. The van der Waals surface area contributed by atoms with E-state index in [4.69, 9.17) is 4.74 Å². The Balaban J connectivity index is 4.08. The third-order valence-corrected chi connectivity index (χ3v) is 2.45. The molecule has 0 rings (SSSR count). The third kappa shape index (κ3) is 4.81. The molecule has 88 valence electrons. The summed E-state index contributed by atoms with van der Waals surface area (Å²) in [5, 5.41) is 0. The van der Waals surface area contributed by atoms with Crippen molar-refractivity contribution in [1.82, 2.24) is 0 Å². The number of hydrogen-bond donors (Lipinski definition) is 0. The average molecular weight is 216 g/mol. The Hall–Kier alpha value is -1.06. The molecule has 0 aliphatic rings. The summed E-state index contributed by atoms with van der Waals surface area (Å²) in [4.78, 5) is 21.6. The summed E-state index contributed by atoms with van der Waals surface area (Å²) in [6.45, 7) is 9.74. The molecule has 0 aromatic heterocycles. The van der Waals surface area contributed by atoms with Crippen molar-refractivity contribution in [1.29, 1.82) is 0 Å². The van der Waals surface area contributed by atoms with E-state index in [1.807, 2.05) is 6.92 Å². The van der Waals surface area contributed by atoms with Gasteiger partial charge in [0.05, 0.1) is 6.61 Å². The SMILES string of the molecule is CC(C)C(C)COC(=O)C(C)(C)OC=O. The number of rotatable bonds is 6. The average Bonchev–Trinajstić information content (AvgIpc) is 2.13.